The van der Waals surface area contributed by atoms with E-state index in [9.17, 15) is 9.59 Å². The largest absolute Gasteiger partial charge is 0.357 e. The van der Waals surface area contributed by atoms with Crippen LogP contribution in [0.4, 0.5) is 11.5 Å². The third kappa shape index (κ3) is 4.72. The minimum Gasteiger partial charge on any atom is -0.357 e. The number of aromatic nitrogens is 1. The van der Waals surface area contributed by atoms with Gasteiger partial charge in [0.1, 0.15) is 5.82 Å². The Kier molecular flexibility index (Phi) is 6.08. The van der Waals surface area contributed by atoms with E-state index in [1.165, 1.54) is 19.3 Å². The van der Waals surface area contributed by atoms with Gasteiger partial charge in [-0.2, -0.15) is 0 Å². The maximum absolute atomic E-state index is 12.1. The van der Waals surface area contributed by atoms with E-state index < -0.39 is 11.8 Å². The van der Waals surface area contributed by atoms with Crippen LogP contribution in [-0.2, 0) is 9.59 Å². The van der Waals surface area contributed by atoms with Crippen molar-refractivity contribution in [3.05, 3.63) is 18.3 Å². The van der Waals surface area contributed by atoms with Gasteiger partial charge in [-0.3, -0.25) is 14.5 Å². The van der Waals surface area contributed by atoms with E-state index in [0.29, 0.717) is 11.7 Å². The first-order chi connectivity index (χ1) is 12.5. The number of nitrogens with one attached hydrogen (secondary N) is 2. The van der Waals surface area contributed by atoms with Gasteiger partial charge in [0, 0.05) is 38.3 Å². The number of piperidine rings is 1. The fraction of sp³-hybridized carbons (Fsp3) is 0.632. The van der Waals surface area contributed by atoms with Gasteiger partial charge >= 0.3 is 11.8 Å². The molecule has 1 atom stereocenters. The second-order valence-corrected chi connectivity index (χ2v) is 7.45. The van der Waals surface area contributed by atoms with Gasteiger partial charge in [0.25, 0.3) is 0 Å². The predicted molar refractivity (Wildman–Crippen MR) is 102 cm³/mol. The average Bonchev–Trinajstić information content (AvgIpc) is 3.12. The van der Waals surface area contributed by atoms with Gasteiger partial charge in [0.15, 0.2) is 0 Å². The van der Waals surface area contributed by atoms with E-state index in [1.807, 2.05) is 6.07 Å². The van der Waals surface area contributed by atoms with Gasteiger partial charge in [0.2, 0.25) is 0 Å². The molecular weight excluding hydrogens is 330 g/mol. The van der Waals surface area contributed by atoms with Gasteiger partial charge in [-0.1, -0.05) is 0 Å². The van der Waals surface area contributed by atoms with Crippen molar-refractivity contribution in [3.63, 3.8) is 0 Å². The SMILES string of the molecule is CC(C)N1CCC(NC(=O)C(=O)Nc2ccc(N3CCCCC3)nc2)C1. The number of amides is 2. The number of anilines is 2. The lowest BCUT2D eigenvalue weighted by Gasteiger charge is -2.27. The standard InChI is InChI=1S/C19H29N5O2/c1-14(2)24-11-8-16(13-24)22-19(26)18(25)21-15-6-7-17(20-12-15)23-9-4-3-5-10-23/h6-7,12,14,16H,3-5,8-11,13H2,1-2H3,(H,21,25)(H,22,26). The Morgan fingerprint density at radius 1 is 1.12 bits per heavy atom. The van der Waals surface area contributed by atoms with Crippen LogP contribution in [0.3, 0.4) is 0 Å². The van der Waals surface area contributed by atoms with E-state index >= 15 is 0 Å². The third-order valence-electron chi connectivity index (χ3n) is 5.18. The van der Waals surface area contributed by atoms with E-state index in [1.54, 1.807) is 12.3 Å². The first-order valence-electron chi connectivity index (χ1n) is 9.60. The van der Waals surface area contributed by atoms with Crippen molar-refractivity contribution in [3.8, 4) is 0 Å². The molecule has 2 N–H and O–H groups in total. The summed E-state index contributed by atoms with van der Waals surface area (Å²) in [5.41, 5.74) is 0.543. The molecular formula is C19H29N5O2. The number of hydrogen-bond donors (Lipinski definition) is 2. The zero-order chi connectivity index (χ0) is 18.5. The Hall–Kier alpha value is -2.15. The van der Waals surface area contributed by atoms with E-state index in [0.717, 1.165) is 38.4 Å². The summed E-state index contributed by atoms with van der Waals surface area (Å²) in [5, 5.41) is 5.46. The molecule has 7 heteroatoms. The molecule has 1 aromatic rings. The summed E-state index contributed by atoms with van der Waals surface area (Å²) >= 11 is 0. The predicted octanol–water partition coefficient (Wildman–Crippen LogP) is 1.61. The van der Waals surface area contributed by atoms with Gasteiger partial charge in [-0.05, 0) is 51.7 Å². The molecule has 0 bridgehead atoms. The van der Waals surface area contributed by atoms with Crippen LogP contribution in [0.1, 0.15) is 39.5 Å². The van der Waals surface area contributed by atoms with Crippen LogP contribution < -0.4 is 15.5 Å². The lowest BCUT2D eigenvalue weighted by atomic mass is 10.1. The highest BCUT2D eigenvalue weighted by Gasteiger charge is 2.27. The number of rotatable bonds is 4. The zero-order valence-electron chi connectivity index (χ0n) is 15.7. The highest BCUT2D eigenvalue weighted by atomic mass is 16.2. The molecule has 2 amide bonds. The summed E-state index contributed by atoms with van der Waals surface area (Å²) < 4.78 is 0. The first-order valence-corrected chi connectivity index (χ1v) is 9.60. The quantitative estimate of drug-likeness (QED) is 0.799. The van der Waals surface area contributed by atoms with Crippen molar-refractivity contribution in [1.29, 1.82) is 0 Å². The molecule has 0 aliphatic carbocycles. The Bertz CT molecular complexity index is 625. The smallest absolute Gasteiger partial charge is 0.313 e. The van der Waals surface area contributed by atoms with Crippen molar-refractivity contribution in [2.24, 2.45) is 0 Å². The molecule has 2 aliphatic heterocycles. The number of pyridine rings is 1. The fourth-order valence-corrected chi connectivity index (χ4v) is 3.58. The molecule has 1 aromatic heterocycles. The second kappa shape index (κ2) is 8.49. The van der Waals surface area contributed by atoms with Crippen LogP contribution in [0, 0.1) is 0 Å². The number of carbonyl (C=O) groups is 2. The summed E-state index contributed by atoms with van der Waals surface area (Å²) in [7, 11) is 0. The Morgan fingerprint density at radius 2 is 1.88 bits per heavy atom. The summed E-state index contributed by atoms with van der Waals surface area (Å²) in [6.45, 7) is 8.07. The van der Waals surface area contributed by atoms with Gasteiger partial charge in [-0.15, -0.1) is 0 Å². The van der Waals surface area contributed by atoms with Crippen LogP contribution in [0.5, 0.6) is 0 Å². The van der Waals surface area contributed by atoms with Crippen LogP contribution >= 0.6 is 0 Å². The monoisotopic (exact) mass is 359 g/mol. The van der Waals surface area contributed by atoms with Gasteiger partial charge in [-0.25, -0.2) is 4.98 Å². The maximum atomic E-state index is 12.1. The lowest BCUT2D eigenvalue weighted by Crippen LogP contribution is -2.43. The Labute approximate surface area is 155 Å². The molecule has 2 fully saturated rings. The van der Waals surface area contributed by atoms with Crippen LogP contribution in [-0.4, -0.2) is 60.0 Å². The molecule has 7 nitrogen and oxygen atoms in total. The molecule has 3 heterocycles. The minimum absolute atomic E-state index is 0.0373. The molecule has 0 spiro atoms. The minimum atomic E-state index is -0.638. The second-order valence-electron chi connectivity index (χ2n) is 7.45. The Morgan fingerprint density at radius 3 is 2.50 bits per heavy atom. The van der Waals surface area contributed by atoms with Crippen molar-refractivity contribution < 1.29 is 9.59 Å². The molecule has 0 saturated carbocycles. The van der Waals surface area contributed by atoms with Crippen LogP contribution in [0.25, 0.3) is 0 Å². The number of hydrogen-bond acceptors (Lipinski definition) is 5. The summed E-state index contributed by atoms with van der Waals surface area (Å²) in [6.07, 6.45) is 6.15. The van der Waals surface area contributed by atoms with Gasteiger partial charge in [0.05, 0.1) is 11.9 Å². The van der Waals surface area contributed by atoms with Crippen molar-refractivity contribution in [1.82, 2.24) is 15.2 Å². The number of likely N-dealkylation sites (tertiary alicyclic amines) is 1. The molecule has 2 saturated heterocycles. The van der Waals surface area contributed by atoms with E-state index in [-0.39, 0.29) is 6.04 Å². The molecule has 26 heavy (non-hydrogen) atoms. The van der Waals surface area contributed by atoms with Crippen LogP contribution in [0.2, 0.25) is 0 Å². The first kappa shape index (κ1) is 18.6. The lowest BCUT2D eigenvalue weighted by molar-refractivity contribution is -0.136. The normalized spacial score (nSPS) is 21.0. The van der Waals surface area contributed by atoms with Crippen molar-refractivity contribution in [2.45, 2.75) is 51.6 Å². The highest BCUT2D eigenvalue weighted by molar-refractivity contribution is 6.39. The van der Waals surface area contributed by atoms with Crippen LogP contribution in [0.15, 0.2) is 18.3 Å². The zero-order valence-corrected chi connectivity index (χ0v) is 15.7. The molecule has 2 aliphatic rings. The number of carbonyl (C=O) groups excluding carboxylic acids is 2. The molecule has 1 unspecified atom stereocenters. The Balaban J connectivity index is 1.48. The summed E-state index contributed by atoms with van der Waals surface area (Å²) in [4.78, 5) is 33.2. The number of nitrogens with zero attached hydrogens (tertiary/aromatic N) is 3. The van der Waals surface area contributed by atoms with Crippen molar-refractivity contribution in [2.75, 3.05) is 36.4 Å². The maximum Gasteiger partial charge on any atom is 0.313 e. The molecule has 142 valence electrons. The average molecular weight is 359 g/mol. The fourth-order valence-electron chi connectivity index (χ4n) is 3.58. The third-order valence-corrected chi connectivity index (χ3v) is 5.18. The molecule has 0 aromatic carbocycles. The van der Waals surface area contributed by atoms with Crippen molar-refractivity contribution >= 4 is 23.3 Å². The van der Waals surface area contributed by atoms with Gasteiger partial charge < -0.3 is 15.5 Å². The molecule has 3 rings (SSSR count). The topological polar surface area (TPSA) is 77.6 Å². The molecule has 0 radical (unpaired) electrons. The van der Waals surface area contributed by atoms with E-state index in [4.69, 9.17) is 0 Å². The summed E-state index contributed by atoms with van der Waals surface area (Å²) in [6, 6.07) is 4.19. The summed E-state index contributed by atoms with van der Waals surface area (Å²) in [5.74, 6) is -0.298. The van der Waals surface area contributed by atoms with E-state index in [2.05, 4.69) is 39.3 Å². The highest BCUT2D eigenvalue weighted by Crippen LogP contribution is 2.19.